The number of hydrogen-bond acceptors (Lipinski definition) is 0. The van der Waals surface area contributed by atoms with Crippen molar-refractivity contribution in [2.75, 3.05) is 0 Å². The minimum Gasteiger partial charge on any atom is -0.106 e. The van der Waals surface area contributed by atoms with Gasteiger partial charge in [0.1, 0.15) is 0 Å². The molecule has 1 atom stereocenters. The lowest BCUT2D eigenvalue weighted by Crippen LogP contribution is -2.13. The van der Waals surface area contributed by atoms with Gasteiger partial charge in [-0.25, -0.2) is 0 Å². The molecule has 1 unspecified atom stereocenters. The molecule has 1 aliphatic rings. The maximum absolute atomic E-state index is 3.00. The van der Waals surface area contributed by atoms with Gasteiger partial charge in [-0.3, -0.25) is 0 Å². The molecule has 0 heterocycles. The Bertz CT molecular complexity index is 92.2. The summed E-state index contributed by atoms with van der Waals surface area (Å²) in [6.07, 6.45) is 4.34. The highest BCUT2D eigenvalue weighted by molar-refractivity contribution is 4.81. The van der Waals surface area contributed by atoms with Gasteiger partial charge in [0.15, 0.2) is 0 Å². The van der Waals surface area contributed by atoms with E-state index in [1.54, 1.807) is 0 Å². The number of rotatable bonds is 0. The van der Waals surface area contributed by atoms with Crippen molar-refractivity contribution < 1.29 is 0 Å². The summed E-state index contributed by atoms with van der Waals surface area (Å²) in [6.45, 7) is 13.1. The third kappa shape index (κ3) is 3.60. The molecular formula is C11H24. The van der Waals surface area contributed by atoms with E-state index in [1.807, 2.05) is 0 Å². The van der Waals surface area contributed by atoms with Crippen molar-refractivity contribution in [1.82, 2.24) is 0 Å². The Kier molecular flexibility index (Phi) is 6.55. The summed E-state index contributed by atoms with van der Waals surface area (Å²) >= 11 is 0. The topological polar surface area (TPSA) is 0 Å². The molecule has 0 aromatic rings. The summed E-state index contributed by atoms with van der Waals surface area (Å²) in [6, 6.07) is 0. The van der Waals surface area contributed by atoms with E-state index < -0.39 is 0 Å². The van der Waals surface area contributed by atoms with Gasteiger partial charge in [-0.05, 0) is 17.8 Å². The second-order valence-corrected chi connectivity index (χ2v) is 3.78. The van der Waals surface area contributed by atoms with E-state index >= 15 is 0 Å². The Balaban J connectivity index is 0. The van der Waals surface area contributed by atoms with Gasteiger partial charge in [-0.15, -0.1) is 13.2 Å². The molecule has 68 valence electrons. The van der Waals surface area contributed by atoms with E-state index in [0.717, 1.165) is 5.92 Å². The van der Waals surface area contributed by atoms with E-state index in [2.05, 4.69) is 33.9 Å². The first-order chi connectivity index (χ1) is 4.63. The molecule has 11 heavy (non-hydrogen) atoms. The van der Waals surface area contributed by atoms with Crippen LogP contribution in [-0.2, 0) is 0 Å². The molecule has 0 aromatic heterocycles. The maximum Gasteiger partial charge on any atom is -0.0329 e. The van der Waals surface area contributed by atoms with Crippen LogP contribution in [0.2, 0.25) is 0 Å². The van der Waals surface area contributed by atoms with Gasteiger partial charge in [0.25, 0.3) is 0 Å². The van der Waals surface area contributed by atoms with Crippen molar-refractivity contribution in [3.63, 3.8) is 0 Å². The van der Waals surface area contributed by atoms with Gasteiger partial charge in [-0.2, -0.15) is 0 Å². The lowest BCUT2D eigenvalue weighted by Gasteiger charge is -2.22. The van der Waals surface area contributed by atoms with Crippen LogP contribution < -0.4 is 0 Å². The zero-order valence-electron chi connectivity index (χ0n) is 7.61. The SMILES string of the molecule is C.C=C.CC1CCCC1(C)C. The van der Waals surface area contributed by atoms with Crippen LogP contribution in [0.1, 0.15) is 47.5 Å². The number of hydrogen-bond donors (Lipinski definition) is 0. The highest BCUT2D eigenvalue weighted by Crippen LogP contribution is 2.41. The molecule has 0 heteroatoms. The molecule has 0 saturated heterocycles. The second-order valence-electron chi connectivity index (χ2n) is 3.78. The van der Waals surface area contributed by atoms with Crippen LogP contribution in [0.3, 0.4) is 0 Å². The molecule has 0 aliphatic heterocycles. The van der Waals surface area contributed by atoms with Crippen LogP contribution in [0.5, 0.6) is 0 Å². The van der Waals surface area contributed by atoms with E-state index in [4.69, 9.17) is 0 Å². The van der Waals surface area contributed by atoms with Crippen LogP contribution in [0.4, 0.5) is 0 Å². The van der Waals surface area contributed by atoms with Crippen LogP contribution in [0.25, 0.3) is 0 Å². The van der Waals surface area contributed by atoms with Crippen molar-refractivity contribution in [3.05, 3.63) is 13.2 Å². The van der Waals surface area contributed by atoms with Crippen molar-refractivity contribution in [2.45, 2.75) is 47.5 Å². The van der Waals surface area contributed by atoms with Crippen LogP contribution >= 0.6 is 0 Å². The first-order valence-electron chi connectivity index (χ1n) is 4.13. The Morgan fingerprint density at radius 3 is 1.82 bits per heavy atom. The van der Waals surface area contributed by atoms with Crippen molar-refractivity contribution >= 4 is 0 Å². The average Bonchev–Trinajstić information content (AvgIpc) is 2.17. The Labute approximate surface area is 72.7 Å². The fraction of sp³-hybridized carbons (Fsp3) is 0.818. The molecule has 0 bridgehead atoms. The molecule has 0 nitrogen and oxygen atoms in total. The predicted molar refractivity (Wildman–Crippen MR) is 54.8 cm³/mol. The van der Waals surface area contributed by atoms with Crippen molar-refractivity contribution in [2.24, 2.45) is 11.3 Å². The van der Waals surface area contributed by atoms with E-state index in [1.165, 1.54) is 19.3 Å². The molecule has 0 aromatic carbocycles. The van der Waals surface area contributed by atoms with Gasteiger partial charge in [0, 0.05) is 0 Å². The highest BCUT2D eigenvalue weighted by atomic mass is 14.4. The second kappa shape index (κ2) is 5.40. The van der Waals surface area contributed by atoms with Crippen molar-refractivity contribution in [1.29, 1.82) is 0 Å². The zero-order chi connectivity index (χ0) is 8.20. The monoisotopic (exact) mass is 156 g/mol. The molecule has 0 amide bonds. The molecular weight excluding hydrogens is 132 g/mol. The van der Waals surface area contributed by atoms with E-state index in [0.29, 0.717) is 5.41 Å². The minimum atomic E-state index is 0. The van der Waals surface area contributed by atoms with E-state index in [9.17, 15) is 0 Å². The van der Waals surface area contributed by atoms with E-state index in [-0.39, 0.29) is 7.43 Å². The quantitative estimate of drug-likeness (QED) is 0.459. The third-order valence-corrected chi connectivity index (χ3v) is 2.79. The average molecular weight is 156 g/mol. The molecule has 1 fully saturated rings. The molecule has 0 radical (unpaired) electrons. The molecule has 0 spiro atoms. The fourth-order valence-electron chi connectivity index (χ4n) is 1.50. The summed E-state index contributed by atoms with van der Waals surface area (Å²) in [5.74, 6) is 0.961. The van der Waals surface area contributed by atoms with Gasteiger partial charge >= 0.3 is 0 Å². The first kappa shape index (κ1) is 13.3. The normalized spacial score (nSPS) is 26.3. The lowest BCUT2D eigenvalue weighted by atomic mass is 9.83. The predicted octanol–water partition coefficient (Wildman–Crippen LogP) is 4.27. The third-order valence-electron chi connectivity index (χ3n) is 2.79. The van der Waals surface area contributed by atoms with Crippen molar-refractivity contribution in [3.8, 4) is 0 Å². The van der Waals surface area contributed by atoms with Crippen LogP contribution in [-0.4, -0.2) is 0 Å². The summed E-state index contributed by atoms with van der Waals surface area (Å²) in [4.78, 5) is 0. The highest BCUT2D eigenvalue weighted by Gasteiger charge is 2.30. The summed E-state index contributed by atoms with van der Waals surface area (Å²) < 4.78 is 0. The summed E-state index contributed by atoms with van der Waals surface area (Å²) in [5.41, 5.74) is 0.653. The Morgan fingerprint density at radius 1 is 1.27 bits per heavy atom. The lowest BCUT2D eigenvalue weighted by molar-refractivity contribution is 0.281. The standard InChI is InChI=1S/C8H16.C2H4.CH4/c1-7-5-4-6-8(7,2)3;1-2;/h7H,4-6H2,1-3H3;1-2H2;1H4. The first-order valence-corrected chi connectivity index (χ1v) is 4.13. The minimum absolute atomic E-state index is 0. The Morgan fingerprint density at radius 2 is 1.73 bits per heavy atom. The van der Waals surface area contributed by atoms with Crippen LogP contribution in [0.15, 0.2) is 13.2 Å². The van der Waals surface area contributed by atoms with Crippen LogP contribution in [0, 0.1) is 11.3 Å². The maximum atomic E-state index is 3.00. The van der Waals surface area contributed by atoms with Gasteiger partial charge in [0.2, 0.25) is 0 Å². The molecule has 1 saturated carbocycles. The fourth-order valence-corrected chi connectivity index (χ4v) is 1.50. The molecule has 0 N–H and O–H groups in total. The molecule has 1 rings (SSSR count). The summed E-state index contributed by atoms with van der Waals surface area (Å²) in [7, 11) is 0. The van der Waals surface area contributed by atoms with Gasteiger partial charge < -0.3 is 0 Å². The zero-order valence-corrected chi connectivity index (χ0v) is 7.61. The largest absolute Gasteiger partial charge is 0.106 e. The summed E-state index contributed by atoms with van der Waals surface area (Å²) in [5, 5.41) is 0. The molecule has 1 aliphatic carbocycles. The Hall–Kier alpha value is -0.260. The van der Waals surface area contributed by atoms with Gasteiger partial charge in [-0.1, -0.05) is 41.0 Å². The van der Waals surface area contributed by atoms with Gasteiger partial charge in [0.05, 0.1) is 0 Å². The smallest absolute Gasteiger partial charge is 0.0329 e.